The van der Waals surface area contributed by atoms with Crippen molar-refractivity contribution in [2.75, 3.05) is 13.7 Å². The maximum atomic E-state index is 12.5. The van der Waals surface area contributed by atoms with Gasteiger partial charge in [-0.05, 0) is 64.2 Å². The first kappa shape index (κ1) is 47.3. The second-order valence-corrected chi connectivity index (χ2v) is 14.6. The van der Waals surface area contributed by atoms with Gasteiger partial charge in [0, 0.05) is 20.0 Å². The lowest BCUT2D eigenvalue weighted by molar-refractivity contribution is -0.298. The summed E-state index contributed by atoms with van der Waals surface area (Å²) in [6.45, 7) is 4.29. The minimum absolute atomic E-state index is 0.211. The molecule has 1 aliphatic rings. The summed E-state index contributed by atoms with van der Waals surface area (Å²) in [6, 6.07) is 0. The van der Waals surface area contributed by atoms with E-state index in [-0.39, 0.29) is 19.0 Å². The fraction of sp³-hybridized carbons (Fsp3) is 0.860. The molecule has 0 aromatic carbocycles. The Balaban J connectivity index is 2.12. The van der Waals surface area contributed by atoms with Gasteiger partial charge in [-0.2, -0.15) is 0 Å². The minimum atomic E-state index is -1.42. The van der Waals surface area contributed by atoms with Crippen LogP contribution >= 0.6 is 0 Å². The SMILES string of the molecule is CCCCCCCC/C=C/CCCCCCCC(=O)OC[C@H]1O[C@H](OC)[C@H](OC(=O)CCCCCCC/C=C/CCCCCCCC)[C@@H](O)[C@@H]1O. The van der Waals surface area contributed by atoms with Crippen LogP contribution in [0.2, 0.25) is 0 Å². The molecule has 1 saturated heterocycles. The van der Waals surface area contributed by atoms with Crippen LogP contribution in [-0.2, 0) is 28.5 Å². The summed E-state index contributed by atoms with van der Waals surface area (Å²) >= 11 is 0. The van der Waals surface area contributed by atoms with Crippen molar-refractivity contribution in [2.45, 2.75) is 224 Å². The summed E-state index contributed by atoms with van der Waals surface area (Å²) in [5.41, 5.74) is 0. The van der Waals surface area contributed by atoms with E-state index in [2.05, 4.69) is 38.2 Å². The normalized spacial score (nSPS) is 20.8. The first-order chi connectivity index (χ1) is 24.9. The summed E-state index contributed by atoms with van der Waals surface area (Å²) in [5.74, 6) is -0.820. The van der Waals surface area contributed by atoms with E-state index in [1.165, 1.54) is 103 Å². The van der Waals surface area contributed by atoms with Crippen molar-refractivity contribution in [3.05, 3.63) is 24.3 Å². The molecule has 0 aromatic heterocycles. The number of unbranched alkanes of at least 4 members (excludes halogenated alkanes) is 22. The molecule has 298 valence electrons. The summed E-state index contributed by atoms with van der Waals surface area (Å²) < 4.78 is 21.9. The molecule has 0 radical (unpaired) electrons. The molecule has 1 fully saturated rings. The van der Waals surface area contributed by atoms with E-state index in [1.807, 2.05) is 0 Å². The molecule has 1 heterocycles. The molecule has 0 spiro atoms. The number of carbonyl (C=O) groups excluding carboxylic acids is 2. The molecule has 1 aliphatic heterocycles. The van der Waals surface area contributed by atoms with Gasteiger partial charge in [0.1, 0.15) is 24.9 Å². The van der Waals surface area contributed by atoms with Crippen LogP contribution in [0.4, 0.5) is 0 Å². The highest BCUT2D eigenvalue weighted by molar-refractivity contribution is 5.69. The number of ether oxygens (including phenoxy) is 4. The van der Waals surface area contributed by atoms with E-state index in [4.69, 9.17) is 18.9 Å². The van der Waals surface area contributed by atoms with Crippen LogP contribution in [0.25, 0.3) is 0 Å². The van der Waals surface area contributed by atoms with Crippen molar-refractivity contribution in [3.63, 3.8) is 0 Å². The van der Waals surface area contributed by atoms with Crippen LogP contribution in [-0.4, -0.2) is 66.6 Å². The number of rotatable bonds is 34. The van der Waals surface area contributed by atoms with E-state index >= 15 is 0 Å². The van der Waals surface area contributed by atoms with Gasteiger partial charge in [-0.25, -0.2) is 0 Å². The van der Waals surface area contributed by atoms with Crippen LogP contribution in [0.5, 0.6) is 0 Å². The van der Waals surface area contributed by atoms with E-state index in [9.17, 15) is 19.8 Å². The van der Waals surface area contributed by atoms with Gasteiger partial charge in [0.15, 0.2) is 12.4 Å². The lowest BCUT2D eigenvalue weighted by Crippen LogP contribution is -2.60. The van der Waals surface area contributed by atoms with E-state index in [0.717, 1.165) is 64.2 Å². The highest BCUT2D eigenvalue weighted by Gasteiger charge is 2.47. The van der Waals surface area contributed by atoms with Crippen LogP contribution in [0.15, 0.2) is 24.3 Å². The predicted octanol–water partition coefficient (Wildman–Crippen LogP) is 10.6. The Kier molecular flexibility index (Phi) is 31.6. The van der Waals surface area contributed by atoms with Crippen molar-refractivity contribution in [1.82, 2.24) is 0 Å². The van der Waals surface area contributed by atoms with Gasteiger partial charge in [0.2, 0.25) is 0 Å². The number of hydrogen-bond donors (Lipinski definition) is 2. The van der Waals surface area contributed by atoms with E-state index in [1.54, 1.807) is 0 Å². The molecule has 0 saturated carbocycles. The number of aliphatic hydroxyl groups is 2. The Morgan fingerprint density at radius 3 is 1.37 bits per heavy atom. The van der Waals surface area contributed by atoms with Gasteiger partial charge >= 0.3 is 11.9 Å². The van der Waals surface area contributed by atoms with Crippen molar-refractivity contribution in [1.29, 1.82) is 0 Å². The highest BCUT2D eigenvalue weighted by Crippen LogP contribution is 2.25. The first-order valence-electron chi connectivity index (χ1n) is 21.1. The lowest BCUT2D eigenvalue weighted by Gasteiger charge is -2.41. The number of aliphatic hydroxyl groups excluding tert-OH is 2. The lowest BCUT2D eigenvalue weighted by atomic mass is 9.99. The molecule has 2 N–H and O–H groups in total. The smallest absolute Gasteiger partial charge is 0.306 e. The molecular formula is C43H78O8. The monoisotopic (exact) mass is 723 g/mol. The minimum Gasteiger partial charge on any atom is -0.463 e. The molecule has 0 bridgehead atoms. The zero-order valence-corrected chi connectivity index (χ0v) is 33.0. The fourth-order valence-electron chi connectivity index (χ4n) is 6.50. The zero-order chi connectivity index (χ0) is 37.2. The van der Waals surface area contributed by atoms with Crippen LogP contribution in [0, 0.1) is 0 Å². The summed E-state index contributed by atoms with van der Waals surface area (Å²) in [7, 11) is 1.38. The maximum absolute atomic E-state index is 12.5. The third-order valence-electron chi connectivity index (χ3n) is 9.84. The number of esters is 2. The Labute approximate surface area is 312 Å². The standard InChI is InChI=1S/C43H78O8/c1-4-6-8-10-12-14-16-18-20-22-24-26-28-30-32-34-38(44)49-36-37-40(46)41(47)42(43(48-3)50-37)51-39(45)35-33-31-29-27-25-23-21-19-17-15-13-11-9-7-5-2/h18-21,37,40-43,46-47H,4-17,22-36H2,1-3H3/b20-18+,21-19+/t37-,40-,41+,42-,43+/m1/s1. The Morgan fingerprint density at radius 1 is 0.549 bits per heavy atom. The van der Waals surface area contributed by atoms with Gasteiger partial charge in [-0.15, -0.1) is 0 Å². The van der Waals surface area contributed by atoms with Gasteiger partial charge < -0.3 is 29.2 Å². The van der Waals surface area contributed by atoms with Gasteiger partial charge in [-0.3, -0.25) is 9.59 Å². The third-order valence-corrected chi connectivity index (χ3v) is 9.84. The van der Waals surface area contributed by atoms with Crippen LogP contribution in [0.1, 0.15) is 194 Å². The molecule has 0 amide bonds. The molecule has 0 unspecified atom stereocenters. The van der Waals surface area contributed by atoms with Gasteiger partial charge in [0.05, 0.1) is 0 Å². The van der Waals surface area contributed by atoms with Crippen LogP contribution < -0.4 is 0 Å². The summed E-state index contributed by atoms with van der Waals surface area (Å²) in [4.78, 5) is 24.8. The molecule has 0 aliphatic carbocycles. The maximum Gasteiger partial charge on any atom is 0.306 e. The fourth-order valence-corrected chi connectivity index (χ4v) is 6.50. The molecule has 0 aromatic rings. The Hall–Kier alpha value is -1.74. The van der Waals surface area contributed by atoms with Crippen molar-refractivity contribution in [3.8, 4) is 0 Å². The quantitative estimate of drug-likeness (QED) is 0.0384. The second-order valence-electron chi connectivity index (χ2n) is 14.6. The first-order valence-corrected chi connectivity index (χ1v) is 21.1. The van der Waals surface area contributed by atoms with Gasteiger partial charge in [-0.1, -0.05) is 141 Å². The average molecular weight is 723 g/mol. The summed E-state index contributed by atoms with van der Waals surface area (Å²) in [5, 5.41) is 21.4. The van der Waals surface area contributed by atoms with Crippen LogP contribution in [0.3, 0.4) is 0 Å². The Morgan fingerprint density at radius 2 is 0.941 bits per heavy atom. The molecule has 8 nitrogen and oxygen atoms in total. The molecule has 8 heteroatoms. The molecule has 51 heavy (non-hydrogen) atoms. The third kappa shape index (κ3) is 25.8. The molecular weight excluding hydrogens is 644 g/mol. The molecule has 5 atom stereocenters. The van der Waals surface area contributed by atoms with Crippen molar-refractivity contribution < 1.29 is 38.7 Å². The zero-order valence-electron chi connectivity index (χ0n) is 33.0. The summed E-state index contributed by atoms with van der Waals surface area (Å²) in [6.07, 6.45) is 34.5. The number of allylic oxidation sites excluding steroid dienone is 4. The van der Waals surface area contributed by atoms with Gasteiger partial charge in [0.25, 0.3) is 0 Å². The Bertz CT molecular complexity index is 870. The van der Waals surface area contributed by atoms with Crippen molar-refractivity contribution in [2.24, 2.45) is 0 Å². The van der Waals surface area contributed by atoms with Crippen molar-refractivity contribution >= 4 is 11.9 Å². The second kappa shape index (κ2) is 34.1. The number of carbonyl (C=O) groups is 2. The average Bonchev–Trinajstić information content (AvgIpc) is 3.13. The number of methoxy groups -OCH3 is 1. The number of hydrogen-bond acceptors (Lipinski definition) is 8. The van der Waals surface area contributed by atoms with E-state index < -0.39 is 36.7 Å². The largest absolute Gasteiger partial charge is 0.463 e. The highest BCUT2D eigenvalue weighted by atomic mass is 16.7. The topological polar surface area (TPSA) is 112 Å². The van der Waals surface area contributed by atoms with E-state index in [0.29, 0.717) is 12.8 Å². The molecule has 1 rings (SSSR count). The predicted molar refractivity (Wildman–Crippen MR) is 207 cm³/mol.